The molecule has 6 heteroatoms. The van der Waals surface area contributed by atoms with Crippen LogP contribution in [0.2, 0.25) is 0 Å². The minimum absolute atomic E-state index is 0.109. The van der Waals surface area contributed by atoms with Crippen molar-refractivity contribution < 1.29 is 9.32 Å². The molecule has 0 fully saturated rings. The number of hydrogen-bond donors (Lipinski definition) is 1. The Morgan fingerprint density at radius 3 is 3.00 bits per heavy atom. The van der Waals surface area contributed by atoms with Crippen molar-refractivity contribution in [1.29, 1.82) is 0 Å². The van der Waals surface area contributed by atoms with E-state index in [0.717, 1.165) is 18.4 Å². The van der Waals surface area contributed by atoms with E-state index in [4.69, 9.17) is 4.52 Å². The number of aromatic nitrogens is 3. The first-order valence-electron chi connectivity index (χ1n) is 6.72. The van der Waals surface area contributed by atoms with Crippen LogP contribution < -0.4 is 5.32 Å². The summed E-state index contributed by atoms with van der Waals surface area (Å²) < 4.78 is 5.08. The number of aryl methyl sites for hydroxylation is 3. The molecule has 2 heterocycles. The molecule has 0 bridgehead atoms. The fourth-order valence-electron chi connectivity index (χ4n) is 1.75. The molecule has 0 atom stereocenters. The monoisotopic (exact) mass is 274 g/mol. The molecule has 20 heavy (non-hydrogen) atoms. The van der Waals surface area contributed by atoms with Crippen molar-refractivity contribution in [2.45, 2.75) is 39.5 Å². The van der Waals surface area contributed by atoms with E-state index in [-0.39, 0.29) is 5.91 Å². The van der Waals surface area contributed by atoms with Gasteiger partial charge in [0.15, 0.2) is 5.82 Å². The van der Waals surface area contributed by atoms with Crippen LogP contribution in [0, 0.1) is 6.92 Å². The number of pyridine rings is 1. The molecule has 1 N–H and O–H groups in total. The zero-order chi connectivity index (χ0) is 14.4. The molecule has 0 saturated heterocycles. The van der Waals surface area contributed by atoms with Gasteiger partial charge in [-0.2, -0.15) is 4.98 Å². The summed E-state index contributed by atoms with van der Waals surface area (Å²) >= 11 is 0. The van der Waals surface area contributed by atoms with Crippen molar-refractivity contribution >= 4 is 11.7 Å². The number of nitrogens with one attached hydrogen (secondary N) is 1. The summed E-state index contributed by atoms with van der Waals surface area (Å²) in [7, 11) is 0. The average Bonchev–Trinajstić information content (AvgIpc) is 2.87. The van der Waals surface area contributed by atoms with Crippen LogP contribution in [0.25, 0.3) is 0 Å². The molecule has 0 aliphatic heterocycles. The smallest absolute Gasteiger partial charge is 0.227 e. The quantitative estimate of drug-likeness (QED) is 0.874. The summed E-state index contributed by atoms with van der Waals surface area (Å²) in [6.07, 6.45) is 4.15. The Hall–Kier alpha value is -2.24. The van der Waals surface area contributed by atoms with Gasteiger partial charge in [0.1, 0.15) is 5.82 Å². The van der Waals surface area contributed by atoms with Gasteiger partial charge in [0.05, 0.1) is 0 Å². The van der Waals surface area contributed by atoms with Crippen LogP contribution in [-0.4, -0.2) is 21.0 Å². The van der Waals surface area contributed by atoms with Crippen molar-refractivity contribution in [3.63, 3.8) is 0 Å². The fourth-order valence-corrected chi connectivity index (χ4v) is 1.75. The fraction of sp³-hybridized carbons (Fsp3) is 0.429. The van der Waals surface area contributed by atoms with E-state index in [2.05, 4.69) is 27.4 Å². The van der Waals surface area contributed by atoms with Gasteiger partial charge < -0.3 is 9.84 Å². The first kappa shape index (κ1) is 14.2. The lowest BCUT2D eigenvalue weighted by molar-refractivity contribution is -0.116. The third-order valence-corrected chi connectivity index (χ3v) is 2.82. The Bertz CT molecular complexity index is 580. The number of nitrogens with zero attached hydrogens (tertiary/aromatic N) is 3. The predicted molar refractivity (Wildman–Crippen MR) is 74.2 cm³/mol. The first-order chi connectivity index (χ1) is 9.69. The van der Waals surface area contributed by atoms with E-state index >= 15 is 0 Å². The van der Waals surface area contributed by atoms with Gasteiger partial charge in [0.2, 0.25) is 11.8 Å². The molecule has 2 rings (SSSR count). The molecule has 0 radical (unpaired) electrons. The molecule has 0 saturated carbocycles. The maximum Gasteiger partial charge on any atom is 0.227 e. The summed E-state index contributed by atoms with van der Waals surface area (Å²) in [5, 5.41) is 6.62. The van der Waals surface area contributed by atoms with Gasteiger partial charge in [-0.15, -0.1) is 0 Å². The second kappa shape index (κ2) is 6.79. The zero-order valence-electron chi connectivity index (χ0n) is 11.7. The molecule has 0 aliphatic carbocycles. The van der Waals surface area contributed by atoms with Crippen LogP contribution in [0.15, 0.2) is 22.9 Å². The van der Waals surface area contributed by atoms with Gasteiger partial charge in [-0.1, -0.05) is 18.1 Å². The number of anilines is 1. The van der Waals surface area contributed by atoms with E-state index in [9.17, 15) is 4.79 Å². The van der Waals surface area contributed by atoms with Gasteiger partial charge in [-0.25, -0.2) is 4.98 Å². The summed E-state index contributed by atoms with van der Waals surface area (Å²) in [6.45, 7) is 3.95. The highest BCUT2D eigenvalue weighted by atomic mass is 16.5. The zero-order valence-corrected chi connectivity index (χ0v) is 11.7. The van der Waals surface area contributed by atoms with Gasteiger partial charge in [-0.3, -0.25) is 4.79 Å². The molecule has 2 aromatic heterocycles. The van der Waals surface area contributed by atoms with Gasteiger partial charge in [0, 0.05) is 25.5 Å². The predicted octanol–water partition coefficient (Wildman–Crippen LogP) is 2.30. The average molecular weight is 274 g/mol. The minimum Gasteiger partial charge on any atom is -0.339 e. The van der Waals surface area contributed by atoms with Crippen LogP contribution in [0.5, 0.6) is 0 Å². The Morgan fingerprint density at radius 1 is 1.40 bits per heavy atom. The maximum atomic E-state index is 11.8. The van der Waals surface area contributed by atoms with Crippen LogP contribution in [0.1, 0.15) is 37.0 Å². The highest BCUT2D eigenvalue weighted by Gasteiger charge is 2.10. The number of carbonyl (C=O) groups is 1. The molecular weight excluding hydrogens is 256 g/mol. The SMILES string of the molecule is CCCc1noc(CCC(=O)Nc2ncccc2C)n1. The van der Waals surface area contributed by atoms with Crippen molar-refractivity contribution in [2.24, 2.45) is 0 Å². The van der Waals surface area contributed by atoms with E-state index in [1.165, 1.54) is 0 Å². The van der Waals surface area contributed by atoms with Crippen LogP contribution in [0.4, 0.5) is 5.82 Å². The van der Waals surface area contributed by atoms with E-state index in [1.54, 1.807) is 6.20 Å². The molecule has 2 aromatic rings. The van der Waals surface area contributed by atoms with Crippen molar-refractivity contribution in [3.8, 4) is 0 Å². The summed E-state index contributed by atoms with van der Waals surface area (Å²) in [4.78, 5) is 20.2. The van der Waals surface area contributed by atoms with Gasteiger partial charge in [-0.05, 0) is 25.0 Å². The third kappa shape index (κ3) is 3.88. The van der Waals surface area contributed by atoms with E-state index in [1.807, 2.05) is 19.1 Å². The minimum atomic E-state index is -0.109. The second-order valence-corrected chi connectivity index (χ2v) is 4.57. The molecule has 0 aliphatic rings. The first-order valence-corrected chi connectivity index (χ1v) is 6.72. The molecule has 1 amide bonds. The molecule has 0 spiro atoms. The number of rotatable bonds is 6. The molecular formula is C14H18N4O2. The number of amides is 1. The van der Waals surface area contributed by atoms with Crippen LogP contribution in [0.3, 0.4) is 0 Å². The van der Waals surface area contributed by atoms with Crippen LogP contribution >= 0.6 is 0 Å². The molecule has 0 unspecified atom stereocenters. The lowest BCUT2D eigenvalue weighted by Gasteiger charge is -2.05. The summed E-state index contributed by atoms with van der Waals surface area (Å²) in [6, 6.07) is 3.73. The Kier molecular flexibility index (Phi) is 4.81. The molecule has 106 valence electrons. The van der Waals surface area contributed by atoms with Crippen molar-refractivity contribution in [3.05, 3.63) is 35.6 Å². The third-order valence-electron chi connectivity index (χ3n) is 2.82. The maximum absolute atomic E-state index is 11.8. The Labute approximate surface area is 117 Å². The Balaban J connectivity index is 1.84. The topological polar surface area (TPSA) is 80.9 Å². The Morgan fingerprint density at radius 2 is 2.25 bits per heavy atom. The highest BCUT2D eigenvalue weighted by Crippen LogP contribution is 2.10. The molecule has 0 aromatic carbocycles. The van der Waals surface area contributed by atoms with Crippen LogP contribution in [-0.2, 0) is 17.6 Å². The summed E-state index contributed by atoms with van der Waals surface area (Å²) in [5.74, 6) is 1.68. The normalized spacial score (nSPS) is 10.5. The second-order valence-electron chi connectivity index (χ2n) is 4.57. The lowest BCUT2D eigenvalue weighted by atomic mass is 10.2. The number of carbonyl (C=O) groups excluding carboxylic acids is 1. The molecule has 6 nitrogen and oxygen atoms in total. The standard InChI is InChI=1S/C14H18N4O2/c1-3-5-11-16-13(20-18-11)8-7-12(19)17-14-10(2)6-4-9-15-14/h4,6,9H,3,5,7-8H2,1-2H3,(H,15,17,19). The van der Waals surface area contributed by atoms with E-state index in [0.29, 0.717) is 30.4 Å². The largest absolute Gasteiger partial charge is 0.339 e. The van der Waals surface area contributed by atoms with Crippen molar-refractivity contribution in [2.75, 3.05) is 5.32 Å². The van der Waals surface area contributed by atoms with Gasteiger partial charge in [0.25, 0.3) is 0 Å². The summed E-state index contributed by atoms with van der Waals surface area (Å²) in [5.41, 5.74) is 0.934. The van der Waals surface area contributed by atoms with Crippen molar-refractivity contribution in [1.82, 2.24) is 15.1 Å². The number of hydrogen-bond acceptors (Lipinski definition) is 5. The highest BCUT2D eigenvalue weighted by molar-refractivity contribution is 5.90. The van der Waals surface area contributed by atoms with E-state index < -0.39 is 0 Å². The lowest BCUT2D eigenvalue weighted by Crippen LogP contribution is -2.14. The van der Waals surface area contributed by atoms with Gasteiger partial charge >= 0.3 is 0 Å².